The molecule has 0 spiro atoms. The minimum atomic E-state index is 0.773. The number of aromatic nitrogens is 1. The molecule has 1 aromatic heterocycles. The number of anilines is 1. The molecule has 2 fully saturated rings. The van der Waals surface area contributed by atoms with E-state index >= 15 is 0 Å². The molecule has 0 bridgehead atoms. The van der Waals surface area contributed by atoms with E-state index in [0.717, 1.165) is 12.6 Å². The minimum absolute atomic E-state index is 0.773. The molecule has 0 aromatic carbocycles. The third-order valence-corrected chi connectivity index (χ3v) is 3.99. The Balaban J connectivity index is 1.71. The molecule has 1 aliphatic heterocycles. The normalized spacial score (nSPS) is 20.8. The lowest BCUT2D eigenvalue weighted by molar-refractivity contribution is 0.681. The molecule has 1 aliphatic carbocycles. The molecule has 1 saturated heterocycles. The van der Waals surface area contributed by atoms with Crippen LogP contribution in [-0.2, 0) is 6.54 Å². The van der Waals surface area contributed by atoms with Crippen LogP contribution in [0, 0.1) is 0 Å². The SMILES string of the molecule is c1cc(CNC2CC2)c(N2CCCCCC2)cn1. The van der Waals surface area contributed by atoms with E-state index in [1.807, 2.05) is 6.20 Å². The number of hydrogen-bond donors (Lipinski definition) is 1. The van der Waals surface area contributed by atoms with Gasteiger partial charge in [0, 0.05) is 31.9 Å². The van der Waals surface area contributed by atoms with Crippen LogP contribution in [0.25, 0.3) is 0 Å². The monoisotopic (exact) mass is 245 g/mol. The van der Waals surface area contributed by atoms with Crippen molar-refractivity contribution in [2.45, 2.75) is 51.1 Å². The average molecular weight is 245 g/mol. The zero-order chi connectivity index (χ0) is 12.2. The van der Waals surface area contributed by atoms with Gasteiger partial charge in [0.15, 0.2) is 0 Å². The largest absolute Gasteiger partial charge is 0.370 e. The molecule has 3 rings (SSSR count). The Morgan fingerprint density at radius 1 is 1.17 bits per heavy atom. The van der Waals surface area contributed by atoms with Gasteiger partial charge in [-0.1, -0.05) is 12.8 Å². The fourth-order valence-electron chi connectivity index (χ4n) is 2.70. The maximum absolute atomic E-state index is 4.32. The van der Waals surface area contributed by atoms with Crippen molar-refractivity contribution in [1.82, 2.24) is 10.3 Å². The Morgan fingerprint density at radius 3 is 2.67 bits per heavy atom. The average Bonchev–Trinajstić information content (AvgIpc) is 3.24. The molecule has 3 nitrogen and oxygen atoms in total. The van der Waals surface area contributed by atoms with E-state index in [4.69, 9.17) is 0 Å². The van der Waals surface area contributed by atoms with Crippen molar-refractivity contribution >= 4 is 5.69 Å². The van der Waals surface area contributed by atoms with Gasteiger partial charge < -0.3 is 10.2 Å². The van der Waals surface area contributed by atoms with Crippen molar-refractivity contribution in [3.63, 3.8) is 0 Å². The lowest BCUT2D eigenvalue weighted by Gasteiger charge is -2.25. The molecule has 0 atom stereocenters. The van der Waals surface area contributed by atoms with Gasteiger partial charge in [-0.05, 0) is 37.3 Å². The summed E-state index contributed by atoms with van der Waals surface area (Å²) >= 11 is 0. The van der Waals surface area contributed by atoms with Crippen LogP contribution in [0.4, 0.5) is 5.69 Å². The highest BCUT2D eigenvalue weighted by Gasteiger charge is 2.21. The van der Waals surface area contributed by atoms with Gasteiger partial charge in [0.05, 0.1) is 11.9 Å². The van der Waals surface area contributed by atoms with Crippen molar-refractivity contribution in [2.24, 2.45) is 0 Å². The standard InChI is InChI=1S/C15H23N3/c1-2-4-10-18(9-3-1)15-12-16-8-7-13(15)11-17-14-5-6-14/h7-8,12,14,17H,1-6,9-11H2. The van der Waals surface area contributed by atoms with E-state index in [1.54, 1.807) is 0 Å². The second kappa shape index (κ2) is 5.70. The van der Waals surface area contributed by atoms with Crippen molar-refractivity contribution in [2.75, 3.05) is 18.0 Å². The molecule has 0 amide bonds. The Kier molecular flexibility index (Phi) is 3.79. The smallest absolute Gasteiger partial charge is 0.0598 e. The minimum Gasteiger partial charge on any atom is -0.370 e. The summed E-state index contributed by atoms with van der Waals surface area (Å²) in [4.78, 5) is 6.86. The lowest BCUT2D eigenvalue weighted by Crippen LogP contribution is -2.26. The van der Waals surface area contributed by atoms with E-state index in [2.05, 4.69) is 27.5 Å². The summed E-state index contributed by atoms with van der Waals surface area (Å²) in [5.41, 5.74) is 2.77. The van der Waals surface area contributed by atoms with Gasteiger partial charge in [-0.15, -0.1) is 0 Å². The van der Waals surface area contributed by atoms with E-state index in [-0.39, 0.29) is 0 Å². The Morgan fingerprint density at radius 2 is 1.94 bits per heavy atom. The molecular formula is C15H23N3. The number of hydrogen-bond acceptors (Lipinski definition) is 3. The maximum Gasteiger partial charge on any atom is 0.0598 e. The third kappa shape index (κ3) is 3.02. The van der Waals surface area contributed by atoms with Crippen LogP contribution >= 0.6 is 0 Å². The van der Waals surface area contributed by atoms with Gasteiger partial charge in [0.25, 0.3) is 0 Å². The topological polar surface area (TPSA) is 28.2 Å². The molecular weight excluding hydrogens is 222 g/mol. The summed E-state index contributed by atoms with van der Waals surface area (Å²) in [6.07, 6.45) is 12.1. The summed E-state index contributed by atoms with van der Waals surface area (Å²) in [6.45, 7) is 3.39. The first kappa shape index (κ1) is 12.0. The summed E-state index contributed by atoms with van der Waals surface area (Å²) < 4.78 is 0. The summed E-state index contributed by atoms with van der Waals surface area (Å²) in [6, 6.07) is 2.95. The molecule has 2 aliphatic rings. The zero-order valence-electron chi connectivity index (χ0n) is 11.1. The third-order valence-electron chi connectivity index (χ3n) is 3.99. The molecule has 2 heterocycles. The fraction of sp³-hybridized carbons (Fsp3) is 0.667. The molecule has 1 saturated carbocycles. The number of nitrogens with zero attached hydrogens (tertiary/aromatic N) is 2. The van der Waals surface area contributed by atoms with Crippen LogP contribution in [0.1, 0.15) is 44.1 Å². The van der Waals surface area contributed by atoms with Gasteiger partial charge in [0.2, 0.25) is 0 Å². The van der Waals surface area contributed by atoms with Crippen LogP contribution in [0.15, 0.2) is 18.5 Å². The summed E-state index contributed by atoms with van der Waals surface area (Å²) in [7, 11) is 0. The highest BCUT2D eigenvalue weighted by molar-refractivity contribution is 5.51. The predicted octanol–water partition coefficient (Wildman–Crippen LogP) is 2.71. The van der Waals surface area contributed by atoms with Crippen molar-refractivity contribution in [1.29, 1.82) is 0 Å². The molecule has 98 valence electrons. The van der Waals surface area contributed by atoms with Crippen LogP contribution in [0.5, 0.6) is 0 Å². The number of pyridine rings is 1. The zero-order valence-corrected chi connectivity index (χ0v) is 11.1. The maximum atomic E-state index is 4.32. The van der Waals surface area contributed by atoms with E-state index < -0.39 is 0 Å². The Hall–Kier alpha value is -1.09. The van der Waals surface area contributed by atoms with Crippen molar-refractivity contribution in [3.05, 3.63) is 24.0 Å². The number of nitrogens with one attached hydrogen (secondary N) is 1. The molecule has 1 N–H and O–H groups in total. The quantitative estimate of drug-likeness (QED) is 0.884. The van der Waals surface area contributed by atoms with Gasteiger partial charge in [-0.25, -0.2) is 0 Å². The van der Waals surface area contributed by atoms with Gasteiger partial charge >= 0.3 is 0 Å². The Labute approximate surface area is 110 Å². The van der Waals surface area contributed by atoms with Gasteiger partial charge in [-0.3, -0.25) is 4.98 Å². The highest BCUT2D eigenvalue weighted by Crippen LogP contribution is 2.24. The first-order valence-electron chi connectivity index (χ1n) is 7.35. The van der Waals surface area contributed by atoms with Gasteiger partial charge in [-0.2, -0.15) is 0 Å². The van der Waals surface area contributed by atoms with Crippen molar-refractivity contribution in [3.8, 4) is 0 Å². The predicted molar refractivity (Wildman–Crippen MR) is 74.8 cm³/mol. The second-order valence-electron chi connectivity index (χ2n) is 5.56. The first-order chi connectivity index (χ1) is 8.93. The molecule has 1 aromatic rings. The molecule has 0 radical (unpaired) electrons. The fourth-order valence-corrected chi connectivity index (χ4v) is 2.70. The Bertz CT molecular complexity index is 379. The van der Waals surface area contributed by atoms with E-state index in [1.165, 1.54) is 62.9 Å². The molecule has 18 heavy (non-hydrogen) atoms. The van der Waals surface area contributed by atoms with Gasteiger partial charge in [0.1, 0.15) is 0 Å². The first-order valence-corrected chi connectivity index (χ1v) is 7.35. The highest BCUT2D eigenvalue weighted by atomic mass is 15.1. The van der Waals surface area contributed by atoms with Crippen LogP contribution < -0.4 is 10.2 Å². The summed E-state index contributed by atoms with van der Waals surface area (Å²) in [5, 5.41) is 3.61. The van der Waals surface area contributed by atoms with Crippen molar-refractivity contribution < 1.29 is 0 Å². The lowest BCUT2D eigenvalue weighted by atomic mass is 10.2. The number of rotatable bonds is 4. The van der Waals surface area contributed by atoms with E-state index in [0.29, 0.717) is 0 Å². The summed E-state index contributed by atoms with van der Waals surface area (Å²) in [5.74, 6) is 0. The molecule has 0 unspecified atom stereocenters. The second-order valence-corrected chi connectivity index (χ2v) is 5.56. The van der Waals surface area contributed by atoms with Crippen LogP contribution in [-0.4, -0.2) is 24.1 Å². The molecule has 3 heteroatoms. The van der Waals surface area contributed by atoms with E-state index in [9.17, 15) is 0 Å². The van der Waals surface area contributed by atoms with Crippen LogP contribution in [0.3, 0.4) is 0 Å². The van der Waals surface area contributed by atoms with Crippen LogP contribution in [0.2, 0.25) is 0 Å².